The van der Waals surface area contributed by atoms with Gasteiger partial charge in [-0.1, -0.05) is 12.8 Å². The molecule has 16 heavy (non-hydrogen) atoms. The summed E-state index contributed by atoms with van der Waals surface area (Å²) >= 11 is 0. The maximum Gasteiger partial charge on any atom is 0.0468 e. The highest BCUT2D eigenvalue weighted by atomic mass is 16.5. The topological polar surface area (TPSA) is 35.2 Å². The fourth-order valence-electron chi connectivity index (χ4n) is 4.21. The fourth-order valence-corrected chi connectivity index (χ4v) is 4.21. The zero-order valence-corrected chi connectivity index (χ0v) is 10.2. The highest BCUT2D eigenvalue weighted by Gasteiger charge is 2.53. The van der Waals surface area contributed by atoms with Gasteiger partial charge in [0.25, 0.3) is 0 Å². The van der Waals surface area contributed by atoms with E-state index in [-0.39, 0.29) is 0 Å². The molecule has 0 radical (unpaired) electrons. The standard InChI is InChI=1S/C14H25NO/c15-13(9-10-5-7-16-8-6-10)14-11-3-1-2-4-12(11)14/h10-14H,1-9,15H2. The van der Waals surface area contributed by atoms with Crippen LogP contribution in [-0.2, 0) is 4.74 Å². The first-order valence-corrected chi connectivity index (χ1v) is 7.19. The molecule has 3 atom stereocenters. The van der Waals surface area contributed by atoms with Crippen molar-refractivity contribution in [3.8, 4) is 0 Å². The van der Waals surface area contributed by atoms with Crippen LogP contribution in [0.4, 0.5) is 0 Å². The van der Waals surface area contributed by atoms with E-state index in [0.29, 0.717) is 6.04 Å². The zero-order valence-electron chi connectivity index (χ0n) is 10.2. The van der Waals surface area contributed by atoms with Crippen molar-refractivity contribution in [1.82, 2.24) is 0 Å². The van der Waals surface area contributed by atoms with Gasteiger partial charge in [0.1, 0.15) is 0 Å². The van der Waals surface area contributed by atoms with Crippen LogP contribution in [0.25, 0.3) is 0 Å². The minimum absolute atomic E-state index is 0.496. The zero-order chi connectivity index (χ0) is 11.0. The highest BCUT2D eigenvalue weighted by Crippen LogP contribution is 2.57. The van der Waals surface area contributed by atoms with E-state index in [9.17, 15) is 0 Å². The largest absolute Gasteiger partial charge is 0.381 e. The van der Waals surface area contributed by atoms with Gasteiger partial charge in [-0.05, 0) is 55.8 Å². The lowest BCUT2D eigenvalue weighted by Crippen LogP contribution is -2.29. The molecule has 3 aliphatic rings. The molecule has 3 rings (SSSR count). The average molecular weight is 223 g/mol. The molecule has 2 nitrogen and oxygen atoms in total. The van der Waals surface area contributed by atoms with Gasteiger partial charge in [0.05, 0.1) is 0 Å². The van der Waals surface area contributed by atoms with Crippen molar-refractivity contribution in [1.29, 1.82) is 0 Å². The summed E-state index contributed by atoms with van der Waals surface area (Å²) in [6.07, 6.45) is 9.61. The number of nitrogens with two attached hydrogens (primary N) is 1. The van der Waals surface area contributed by atoms with Crippen LogP contribution in [0, 0.1) is 23.7 Å². The van der Waals surface area contributed by atoms with Crippen molar-refractivity contribution in [3.63, 3.8) is 0 Å². The van der Waals surface area contributed by atoms with Crippen LogP contribution in [0.3, 0.4) is 0 Å². The van der Waals surface area contributed by atoms with Gasteiger partial charge in [-0.25, -0.2) is 0 Å². The van der Waals surface area contributed by atoms with E-state index in [1.165, 1.54) is 44.9 Å². The summed E-state index contributed by atoms with van der Waals surface area (Å²) in [6, 6.07) is 0.496. The molecule has 0 bridgehead atoms. The Morgan fingerprint density at radius 3 is 2.25 bits per heavy atom. The van der Waals surface area contributed by atoms with E-state index in [4.69, 9.17) is 10.5 Å². The van der Waals surface area contributed by atoms with Gasteiger partial charge in [-0.15, -0.1) is 0 Å². The predicted octanol–water partition coefficient (Wildman–Crippen LogP) is 2.57. The molecule has 0 aromatic carbocycles. The van der Waals surface area contributed by atoms with E-state index in [1.54, 1.807) is 0 Å². The van der Waals surface area contributed by atoms with Gasteiger partial charge in [-0.2, -0.15) is 0 Å². The summed E-state index contributed by atoms with van der Waals surface area (Å²) in [5.41, 5.74) is 6.43. The summed E-state index contributed by atoms with van der Waals surface area (Å²) in [5.74, 6) is 3.78. The molecule has 1 heterocycles. The summed E-state index contributed by atoms with van der Waals surface area (Å²) in [7, 11) is 0. The number of fused-ring (bicyclic) bond motifs is 1. The Morgan fingerprint density at radius 1 is 1.00 bits per heavy atom. The molecule has 92 valence electrons. The molecule has 2 heteroatoms. The smallest absolute Gasteiger partial charge is 0.0468 e. The Bertz CT molecular complexity index is 225. The van der Waals surface area contributed by atoms with Crippen LogP contribution >= 0.6 is 0 Å². The SMILES string of the molecule is NC(CC1CCOCC1)C1C2CCCCC21. The van der Waals surface area contributed by atoms with Gasteiger partial charge in [0.15, 0.2) is 0 Å². The summed E-state index contributed by atoms with van der Waals surface area (Å²) in [6.45, 7) is 1.93. The summed E-state index contributed by atoms with van der Waals surface area (Å²) in [5, 5.41) is 0. The molecule has 2 aliphatic carbocycles. The first-order chi connectivity index (χ1) is 7.86. The van der Waals surface area contributed by atoms with Crippen molar-refractivity contribution in [2.24, 2.45) is 29.4 Å². The molecule has 2 N–H and O–H groups in total. The predicted molar refractivity (Wildman–Crippen MR) is 65.1 cm³/mol. The molecule has 0 aromatic heterocycles. The maximum atomic E-state index is 6.43. The average Bonchev–Trinajstić information content (AvgIpc) is 3.04. The Kier molecular flexibility index (Phi) is 3.21. The molecule has 1 saturated heterocycles. The van der Waals surface area contributed by atoms with Crippen molar-refractivity contribution >= 4 is 0 Å². The second kappa shape index (κ2) is 4.66. The number of ether oxygens (including phenoxy) is 1. The third kappa shape index (κ3) is 2.14. The Morgan fingerprint density at radius 2 is 1.62 bits per heavy atom. The Hall–Kier alpha value is -0.0800. The monoisotopic (exact) mass is 223 g/mol. The lowest BCUT2D eigenvalue weighted by Gasteiger charge is -2.25. The minimum atomic E-state index is 0.496. The van der Waals surface area contributed by atoms with Crippen molar-refractivity contribution < 1.29 is 4.74 Å². The lowest BCUT2D eigenvalue weighted by atomic mass is 9.90. The quantitative estimate of drug-likeness (QED) is 0.798. The molecule has 1 aliphatic heterocycles. The lowest BCUT2D eigenvalue weighted by molar-refractivity contribution is 0.0609. The molecular formula is C14H25NO. The maximum absolute atomic E-state index is 6.43. The first kappa shape index (κ1) is 11.0. The molecule has 0 spiro atoms. The fraction of sp³-hybridized carbons (Fsp3) is 1.00. The molecule has 0 aromatic rings. The molecule has 3 fully saturated rings. The Balaban J connectivity index is 1.48. The molecular weight excluding hydrogens is 198 g/mol. The number of rotatable bonds is 3. The van der Waals surface area contributed by atoms with Gasteiger partial charge >= 0.3 is 0 Å². The van der Waals surface area contributed by atoms with Gasteiger partial charge < -0.3 is 10.5 Å². The van der Waals surface area contributed by atoms with Gasteiger partial charge in [-0.3, -0.25) is 0 Å². The second-order valence-electron chi connectivity index (χ2n) is 6.14. The van der Waals surface area contributed by atoms with E-state index in [2.05, 4.69) is 0 Å². The van der Waals surface area contributed by atoms with Crippen molar-refractivity contribution in [3.05, 3.63) is 0 Å². The highest BCUT2D eigenvalue weighted by molar-refractivity contribution is 5.04. The normalized spacial score (nSPS) is 41.4. The van der Waals surface area contributed by atoms with Crippen LogP contribution in [-0.4, -0.2) is 19.3 Å². The molecule has 0 amide bonds. The third-order valence-electron chi connectivity index (χ3n) is 5.16. The number of hydrogen-bond acceptors (Lipinski definition) is 2. The number of hydrogen-bond donors (Lipinski definition) is 1. The second-order valence-corrected chi connectivity index (χ2v) is 6.14. The first-order valence-electron chi connectivity index (χ1n) is 7.19. The van der Waals surface area contributed by atoms with E-state index >= 15 is 0 Å². The van der Waals surface area contributed by atoms with Crippen LogP contribution in [0.1, 0.15) is 44.9 Å². The van der Waals surface area contributed by atoms with Crippen LogP contribution in [0.5, 0.6) is 0 Å². The van der Waals surface area contributed by atoms with Gasteiger partial charge in [0, 0.05) is 19.3 Å². The van der Waals surface area contributed by atoms with Crippen LogP contribution in [0.2, 0.25) is 0 Å². The van der Waals surface area contributed by atoms with E-state index < -0.39 is 0 Å². The third-order valence-corrected chi connectivity index (χ3v) is 5.16. The minimum Gasteiger partial charge on any atom is -0.381 e. The van der Waals surface area contributed by atoms with E-state index in [1.807, 2.05) is 0 Å². The summed E-state index contributed by atoms with van der Waals surface area (Å²) in [4.78, 5) is 0. The van der Waals surface area contributed by atoms with Gasteiger partial charge in [0.2, 0.25) is 0 Å². The molecule has 2 saturated carbocycles. The summed E-state index contributed by atoms with van der Waals surface area (Å²) < 4.78 is 5.41. The van der Waals surface area contributed by atoms with Crippen LogP contribution in [0.15, 0.2) is 0 Å². The van der Waals surface area contributed by atoms with E-state index in [0.717, 1.165) is 36.9 Å². The van der Waals surface area contributed by atoms with Crippen LogP contribution < -0.4 is 5.73 Å². The van der Waals surface area contributed by atoms with Crippen molar-refractivity contribution in [2.75, 3.05) is 13.2 Å². The molecule has 3 unspecified atom stereocenters. The van der Waals surface area contributed by atoms with Crippen molar-refractivity contribution in [2.45, 2.75) is 51.0 Å². The Labute approximate surface area is 98.9 Å².